The standard InChI is InChI=1S/C19H32BN/c1-13-19-6-14-2-15(7-19)9-20(13,8-14)21-10-16-3-17(11-21)5-18(4-16)12-21/h13-19H,2-12H2,1H3. The van der Waals surface area contributed by atoms with E-state index in [-0.39, 0.29) is 6.28 Å². The summed E-state index contributed by atoms with van der Waals surface area (Å²) >= 11 is 0. The number of quaternary nitrogens is 1. The van der Waals surface area contributed by atoms with Gasteiger partial charge in [-0.2, -0.15) is 0 Å². The van der Waals surface area contributed by atoms with Gasteiger partial charge >= 0.3 is 0 Å². The largest absolute Gasteiger partial charge is 0.514 e. The van der Waals surface area contributed by atoms with Gasteiger partial charge in [0.2, 0.25) is 6.28 Å². The summed E-state index contributed by atoms with van der Waals surface area (Å²) < 4.78 is 1.70. The summed E-state index contributed by atoms with van der Waals surface area (Å²) in [6.45, 7) is 7.61. The molecule has 2 aliphatic carbocycles. The maximum Gasteiger partial charge on any atom is 0.213 e. The molecule has 0 radical (unpaired) electrons. The summed E-state index contributed by atoms with van der Waals surface area (Å²) in [5, 5.41) is 0. The third kappa shape index (κ3) is 1.41. The minimum Gasteiger partial charge on any atom is -0.514 e. The lowest BCUT2D eigenvalue weighted by atomic mass is 9.11. The molecular formula is C19H32BN. The van der Waals surface area contributed by atoms with Crippen molar-refractivity contribution < 1.29 is 4.39 Å². The molecule has 3 unspecified atom stereocenters. The van der Waals surface area contributed by atoms with Crippen LogP contribution >= 0.6 is 0 Å². The van der Waals surface area contributed by atoms with Gasteiger partial charge in [0.15, 0.2) is 0 Å². The van der Waals surface area contributed by atoms with Crippen molar-refractivity contribution in [3.63, 3.8) is 0 Å². The van der Waals surface area contributed by atoms with Crippen LogP contribution in [-0.2, 0) is 0 Å². The highest BCUT2D eigenvalue weighted by Gasteiger charge is 2.64. The highest BCUT2D eigenvalue weighted by Crippen LogP contribution is 2.65. The van der Waals surface area contributed by atoms with E-state index in [2.05, 4.69) is 6.92 Å². The van der Waals surface area contributed by atoms with Crippen molar-refractivity contribution in [3.8, 4) is 0 Å². The Kier molecular flexibility index (Phi) is 2.22. The quantitative estimate of drug-likeness (QED) is 0.632. The highest BCUT2D eigenvalue weighted by atomic mass is 15.4. The van der Waals surface area contributed by atoms with Crippen molar-refractivity contribution in [2.24, 2.45) is 35.5 Å². The first-order chi connectivity index (χ1) is 10.2. The first kappa shape index (κ1) is 12.4. The molecule has 0 aromatic heterocycles. The fraction of sp³-hybridized carbons (Fsp3) is 1.00. The van der Waals surface area contributed by atoms with Crippen LogP contribution in [0.15, 0.2) is 0 Å². The molecule has 8 aliphatic rings. The number of piperidine rings is 3. The smallest absolute Gasteiger partial charge is 0.213 e. The van der Waals surface area contributed by atoms with Crippen molar-refractivity contribution in [1.82, 2.24) is 0 Å². The zero-order valence-corrected chi connectivity index (χ0v) is 13.8. The van der Waals surface area contributed by atoms with Gasteiger partial charge in [0.25, 0.3) is 0 Å². The molecule has 3 atom stereocenters. The molecule has 21 heavy (non-hydrogen) atoms. The van der Waals surface area contributed by atoms with Crippen LogP contribution in [-0.4, -0.2) is 30.3 Å². The van der Waals surface area contributed by atoms with Crippen molar-refractivity contribution >= 4 is 6.28 Å². The molecule has 6 heterocycles. The summed E-state index contributed by atoms with van der Waals surface area (Å²) in [6.07, 6.45) is 13.1. The second-order valence-electron chi connectivity index (χ2n) is 10.9. The minimum absolute atomic E-state index is 0.0635. The molecule has 0 aromatic carbocycles. The maximum absolute atomic E-state index is 2.72. The molecule has 116 valence electrons. The Bertz CT molecular complexity index is 437. The van der Waals surface area contributed by atoms with Crippen molar-refractivity contribution in [3.05, 3.63) is 0 Å². The van der Waals surface area contributed by atoms with Crippen molar-refractivity contribution in [2.45, 2.75) is 63.9 Å². The molecule has 8 fully saturated rings. The van der Waals surface area contributed by atoms with Crippen molar-refractivity contribution in [2.75, 3.05) is 19.6 Å². The van der Waals surface area contributed by atoms with E-state index in [4.69, 9.17) is 0 Å². The first-order valence-electron chi connectivity index (χ1n) is 10.2. The molecule has 0 aromatic rings. The van der Waals surface area contributed by atoms with E-state index in [0.717, 1.165) is 41.3 Å². The highest BCUT2D eigenvalue weighted by molar-refractivity contribution is 6.75. The number of hydrogen-bond donors (Lipinski definition) is 0. The van der Waals surface area contributed by atoms with Crippen LogP contribution in [0.2, 0.25) is 18.5 Å². The Morgan fingerprint density at radius 2 is 1.14 bits per heavy atom. The van der Waals surface area contributed by atoms with E-state index < -0.39 is 0 Å². The molecule has 2 heteroatoms. The zero-order valence-electron chi connectivity index (χ0n) is 13.8. The molecule has 8 rings (SSSR count). The fourth-order valence-electron chi connectivity index (χ4n) is 10.1. The van der Waals surface area contributed by atoms with E-state index in [0.29, 0.717) is 0 Å². The number of hydrogen-bond acceptors (Lipinski definition) is 0. The van der Waals surface area contributed by atoms with Gasteiger partial charge in [-0.3, -0.25) is 0 Å². The molecule has 0 spiro atoms. The third-order valence-corrected chi connectivity index (χ3v) is 10.1. The lowest BCUT2D eigenvalue weighted by Crippen LogP contribution is -2.81. The van der Waals surface area contributed by atoms with Gasteiger partial charge in [-0.1, -0.05) is 43.9 Å². The Morgan fingerprint density at radius 1 is 0.667 bits per heavy atom. The monoisotopic (exact) mass is 285 g/mol. The van der Waals surface area contributed by atoms with Gasteiger partial charge in [-0.15, -0.1) is 18.5 Å². The van der Waals surface area contributed by atoms with Gasteiger partial charge < -0.3 is 4.39 Å². The van der Waals surface area contributed by atoms with Gasteiger partial charge in [-0.25, -0.2) is 0 Å². The Balaban J connectivity index is 1.47. The Morgan fingerprint density at radius 3 is 1.67 bits per heavy atom. The predicted octanol–water partition coefficient (Wildman–Crippen LogP) is 4.26. The molecule has 6 saturated heterocycles. The molecule has 2 saturated carbocycles. The van der Waals surface area contributed by atoms with Crippen LogP contribution < -0.4 is 0 Å². The maximum atomic E-state index is 2.72. The van der Waals surface area contributed by atoms with E-state index in [9.17, 15) is 0 Å². The van der Waals surface area contributed by atoms with Gasteiger partial charge in [0, 0.05) is 37.4 Å². The molecule has 0 N–H and O–H groups in total. The summed E-state index contributed by atoms with van der Waals surface area (Å²) in [7, 11) is 0. The minimum atomic E-state index is -0.0635. The van der Waals surface area contributed by atoms with Crippen LogP contribution in [0.25, 0.3) is 0 Å². The van der Waals surface area contributed by atoms with E-state index in [1.165, 1.54) is 0 Å². The third-order valence-electron chi connectivity index (χ3n) is 10.1. The Labute approximate surface area is 130 Å². The van der Waals surface area contributed by atoms with Gasteiger partial charge in [0.1, 0.15) is 0 Å². The van der Waals surface area contributed by atoms with Crippen LogP contribution in [0, 0.1) is 35.5 Å². The summed E-state index contributed by atoms with van der Waals surface area (Å²) in [4.78, 5) is 0. The predicted molar refractivity (Wildman–Crippen MR) is 88.3 cm³/mol. The SMILES string of the molecule is CC1C2CC3CC(C2)C[B-]1([N+]12CC4CC(CC(C4)C1)C2)C3. The number of nitrogens with zero attached hydrogens (tertiary/aromatic N) is 1. The second-order valence-corrected chi connectivity index (χ2v) is 10.9. The van der Waals surface area contributed by atoms with Gasteiger partial charge in [0.05, 0.1) is 0 Å². The van der Waals surface area contributed by atoms with Crippen LogP contribution in [0.3, 0.4) is 0 Å². The summed E-state index contributed by atoms with van der Waals surface area (Å²) in [6, 6.07) is 0. The second kappa shape index (κ2) is 3.74. The fourth-order valence-corrected chi connectivity index (χ4v) is 10.1. The average molecular weight is 285 g/mol. The van der Waals surface area contributed by atoms with Crippen LogP contribution in [0.1, 0.15) is 45.4 Å². The van der Waals surface area contributed by atoms with Crippen LogP contribution in [0.5, 0.6) is 0 Å². The molecule has 1 nitrogen and oxygen atoms in total. The van der Waals surface area contributed by atoms with E-state index >= 15 is 0 Å². The molecule has 8 bridgehead atoms. The summed E-state index contributed by atoms with van der Waals surface area (Å²) in [5.41, 5.74) is 0. The normalized spacial score (nSPS) is 67.0. The lowest BCUT2D eigenvalue weighted by molar-refractivity contribution is -0.869. The first-order valence-corrected chi connectivity index (χ1v) is 10.2. The van der Waals surface area contributed by atoms with E-state index in [1.54, 1.807) is 75.2 Å². The summed E-state index contributed by atoms with van der Waals surface area (Å²) in [5.74, 6) is 7.97. The van der Waals surface area contributed by atoms with Gasteiger partial charge in [-0.05, 0) is 19.3 Å². The topological polar surface area (TPSA) is 0 Å². The number of rotatable bonds is 1. The molecular weight excluding hydrogens is 253 g/mol. The van der Waals surface area contributed by atoms with Crippen LogP contribution in [0.4, 0.5) is 0 Å². The Hall–Kier alpha value is 0.0249. The zero-order chi connectivity index (χ0) is 13.8. The molecule has 6 aliphatic heterocycles. The lowest BCUT2D eigenvalue weighted by Gasteiger charge is -2.77. The van der Waals surface area contributed by atoms with Crippen molar-refractivity contribution in [1.29, 1.82) is 0 Å². The van der Waals surface area contributed by atoms with E-state index in [1.807, 2.05) is 0 Å². The molecule has 0 amide bonds. The average Bonchev–Trinajstić information content (AvgIpc) is 2.42.